The van der Waals surface area contributed by atoms with Gasteiger partial charge in [0.25, 0.3) is 5.91 Å². The van der Waals surface area contributed by atoms with E-state index >= 15 is 0 Å². The van der Waals surface area contributed by atoms with Crippen molar-refractivity contribution in [2.75, 3.05) is 12.4 Å². The minimum Gasteiger partial charge on any atom is -0.367 e. The number of hydrogen-bond acceptors (Lipinski definition) is 3. The van der Waals surface area contributed by atoms with E-state index in [1.54, 1.807) is 4.68 Å². The van der Waals surface area contributed by atoms with Crippen molar-refractivity contribution < 1.29 is 9.53 Å². The van der Waals surface area contributed by atoms with E-state index in [0.717, 1.165) is 29.1 Å². The number of amides is 1. The van der Waals surface area contributed by atoms with Gasteiger partial charge in [-0.05, 0) is 18.9 Å². The van der Waals surface area contributed by atoms with Crippen LogP contribution in [0, 0.1) is 6.92 Å². The maximum absolute atomic E-state index is 12.5. The molecule has 1 aromatic heterocycles. The number of rotatable bonds is 5. The summed E-state index contributed by atoms with van der Waals surface area (Å²) in [6.45, 7) is 4.01. The molecule has 0 aliphatic rings. The molecule has 0 bridgehead atoms. The van der Waals surface area contributed by atoms with Gasteiger partial charge in [-0.3, -0.25) is 9.48 Å². The van der Waals surface area contributed by atoms with Gasteiger partial charge in [0.1, 0.15) is 5.82 Å². The number of ether oxygens (including phenoxy) is 1. The highest BCUT2D eigenvalue weighted by Crippen LogP contribution is 2.22. The minimum atomic E-state index is -0.634. The van der Waals surface area contributed by atoms with Crippen LogP contribution in [0.4, 0.5) is 5.82 Å². The lowest BCUT2D eigenvalue weighted by Crippen LogP contribution is -2.24. The molecule has 5 heteroatoms. The van der Waals surface area contributed by atoms with Crippen LogP contribution in [-0.4, -0.2) is 22.8 Å². The van der Waals surface area contributed by atoms with Crippen molar-refractivity contribution in [2.45, 2.75) is 26.4 Å². The fourth-order valence-corrected chi connectivity index (χ4v) is 2.40. The molecule has 0 spiro atoms. The van der Waals surface area contributed by atoms with Crippen LogP contribution < -0.4 is 5.32 Å². The summed E-state index contributed by atoms with van der Waals surface area (Å²) in [4.78, 5) is 12.5. The van der Waals surface area contributed by atoms with Crippen LogP contribution in [0.2, 0.25) is 0 Å². The number of anilines is 1. The third-order valence-electron chi connectivity index (χ3n) is 3.54. The van der Waals surface area contributed by atoms with Gasteiger partial charge in [-0.1, -0.05) is 37.3 Å². The highest BCUT2D eigenvalue weighted by atomic mass is 16.5. The van der Waals surface area contributed by atoms with Gasteiger partial charge in [0.15, 0.2) is 6.10 Å². The van der Waals surface area contributed by atoms with E-state index in [1.807, 2.05) is 51.2 Å². The van der Waals surface area contributed by atoms with E-state index in [4.69, 9.17) is 4.74 Å². The SMILES string of the molecule is CCc1nn(C)c(NC(=O)[C@H](OC)c2ccccc2)c1C. The summed E-state index contributed by atoms with van der Waals surface area (Å²) in [7, 11) is 3.36. The number of hydrogen-bond donors (Lipinski definition) is 1. The van der Waals surface area contributed by atoms with Gasteiger partial charge in [0, 0.05) is 19.7 Å². The van der Waals surface area contributed by atoms with Gasteiger partial charge in [-0.2, -0.15) is 5.10 Å². The predicted octanol–water partition coefficient (Wildman–Crippen LogP) is 2.62. The molecular weight excluding hydrogens is 266 g/mol. The number of aryl methyl sites for hydroxylation is 2. The van der Waals surface area contributed by atoms with Crippen molar-refractivity contribution in [2.24, 2.45) is 7.05 Å². The topological polar surface area (TPSA) is 56.2 Å². The van der Waals surface area contributed by atoms with Crippen LogP contribution in [-0.2, 0) is 23.0 Å². The standard InChI is InChI=1S/C16H21N3O2/c1-5-13-11(2)15(19(3)18-13)17-16(20)14(21-4)12-9-7-6-8-10-12/h6-10,14H,5H2,1-4H3,(H,17,20)/t14-/m1/s1. The first-order valence-electron chi connectivity index (χ1n) is 6.99. The Morgan fingerprint density at radius 3 is 2.57 bits per heavy atom. The van der Waals surface area contributed by atoms with Gasteiger partial charge in [0.2, 0.25) is 0 Å². The molecule has 21 heavy (non-hydrogen) atoms. The Morgan fingerprint density at radius 2 is 2.05 bits per heavy atom. The van der Waals surface area contributed by atoms with E-state index in [-0.39, 0.29) is 5.91 Å². The molecule has 1 N–H and O–H groups in total. The van der Waals surface area contributed by atoms with E-state index < -0.39 is 6.10 Å². The molecule has 1 atom stereocenters. The van der Waals surface area contributed by atoms with Gasteiger partial charge < -0.3 is 10.1 Å². The second-order valence-corrected chi connectivity index (χ2v) is 4.91. The number of methoxy groups -OCH3 is 1. The van der Waals surface area contributed by atoms with Crippen molar-refractivity contribution in [3.63, 3.8) is 0 Å². The molecule has 0 aliphatic carbocycles. The molecule has 0 unspecified atom stereocenters. The normalized spacial score (nSPS) is 12.2. The molecule has 1 amide bonds. The van der Waals surface area contributed by atoms with Gasteiger partial charge in [0.05, 0.1) is 5.69 Å². The Labute approximate surface area is 124 Å². The number of benzene rings is 1. The number of carbonyl (C=O) groups excluding carboxylic acids is 1. The molecular formula is C16H21N3O2. The fraction of sp³-hybridized carbons (Fsp3) is 0.375. The van der Waals surface area contributed by atoms with Gasteiger partial charge in [-0.15, -0.1) is 0 Å². The third-order valence-corrected chi connectivity index (χ3v) is 3.54. The summed E-state index contributed by atoms with van der Waals surface area (Å²) in [6, 6.07) is 9.44. The van der Waals surface area contributed by atoms with E-state index in [0.29, 0.717) is 0 Å². The maximum Gasteiger partial charge on any atom is 0.259 e. The molecule has 112 valence electrons. The second kappa shape index (κ2) is 6.54. The third kappa shape index (κ3) is 3.13. The Bertz CT molecular complexity index is 620. The first-order chi connectivity index (χ1) is 10.1. The highest BCUT2D eigenvalue weighted by Gasteiger charge is 2.22. The van der Waals surface area contributed by atoms with Crippen LogP contribution in [0.3, 0.4) is 0 Å². The van der Waals surface area contributed by atoms with Crippen molar-refractivity contribution in [1.82, 2.24) is 9.78 Å². The summed E-state index contributed by atoms with van der Waals surface area (Å²) in [6.07, 6.45) is 0.202. The molecule has 0 saturated carbocycles. The molecule has 1 heterocycles. The Kier molecular flexibility index (Phi) is 4.75. The molecule has 0 fully saturated rings. The van der Waals surface area contributed by atoms with Crippen molar-refractivity contribution in [1.29, 1.82) is 0 Å². The van der Waals surface area contributed by atoms with Crippen molar-refractivity contribution in [3.05, 3.63) is 47.2 Å². The molecule has 0 saturated heterocycles. The smallest absolute Gasteiger partial charge is 0.259 e. The molecule has 1 aromatic carbocycles. The summed E-state index contributed by atoms with van der Waals surface area (Å²) >= 11 is 0. The molecule has 2 rings (SSSR count). The second-order valence-electron chi connectivity index (χ2n) is 4.91. The number of carbonyl (C=O) groups is 1. The van der Waals surface area contributed by atoms with E-state index in [1.165, 1.54) is 7.11 Å². The summed E-state index contributed by atoms with van der Waals surface area (Å²) in [5, 5.41) is 7.32. The zero-order valence-corrected chi connectivity index (χ0v) is 12.9. The Morgan fingerprint density at radius 1 is 1.38 bits per heavy atom. The first kappa shape index (κ1) is 15.3. The Hall–Kier alpha value is -2.14. The van der Waals surface area contributed by atoms with Crippen molar-refractivity contribution >= 4 is 11.7 Å². The molecule has 5 nitrogen and oxygen atoms in total. The van der Waals surface area contributed by atoms with Crippen LogP contribution in [0.15, 0.2) is 30.3 Å². The minimum absolute atomic E-state index is 0.197. The van der Waals surface area contributed by atoms with Crippen molar-refractivity contribution in [3.8, 4) is 0 Å². The van der Waals surface area contributed by atoms with Gasteiger partial charge >= 0.3 is 0 Å². The molecule has 0 aliphatic heterocycles. The van der Waals surface area contributed by atoms with Crippen LogP contribution in [0.25, 0.3) is 0 Å². The maximum atomic E-state index is 12.5. The number of aromatic nitrogens is 2. The lowest BCUT2D eigenvalue weighted by Gasteiger charge is -2.16. The lowest BCUT2D eigenvalue weighted by atomic mass is 10.1. The van der Waals surface area contributed by atoms with Crippen LogP contribution in [0.5, 0.6) is 0 Å². The Balaban J connectivity index is 2.23. The molecule has 2 aromatic rings. The number of nitrogens with one attached hydrogen (secondary N) is 1. The van der Waals surface area contributed by atoms with Gasteiger partial charge in [-0.25, -0.2) is 0 Å². The zero-order chi connectivity index (χ0) is 15.4. The quantitative estimate of drug-likeness (QED) is 0.919. The average molecular weight is 287 g/mol. The lowest BCUT2D eigenvalue weighted by molar-refractivity contribution is -0.126. The predicted molar refractivity (Wildman–Crippen MR) is 82.1 cm³/mol. The largest absolute Gasteiger partial charge is 0.367 e. The highest BCUT2D eigenvalue weighted by molar-refractivity contribution is 5.94. The number of nitrogens with zero attached hydrogens (tertiary/aromatic N) is 2. The summed E-state index contributed by atoms with van der Waals surface area (Å²) in [5.74, 6) is 0.521. The fourth-order valence-electron chi connectivity index (χ4n) is 2.40. The van der Waals surface area contributed by atoms with E-state index in [9.17, 15) is 4.79 Å². The zero-order valence-electron chi connectivity index (χ0n) is 12.9. The monoisotopic (exact) mass is 287 g/mol. The van der Waals surface area contributed by atoms with Crippen LogP contribution in [0.1, 0.15) is 29.8 Å². The molecule has 0 radical (unpaired) electrons. The summed E-state index contributed by atoms with van der Waals surface area (Å²) < 4.78 is 7.04. The van der Waals surface area contributed by atoms with Crippen LogP contribution >= 0.6 is 0 Å². The first-order valence-corrected chi connectivity index (χ1v) is 6.99. The van der Waals surface area contributed by atoms with E-state index in [2.05, 4.69) is 10.4 Å². The summed E-state index contributed by atoms with van der Waals surface area (Å²) in [5.41, 5.74) is 2.81. The average Bonchev–Trinajstić information content (AvgIpc) is 2.76.